The lowest BCUT2D eigenvalue weighted by Gasteiger charge is -2.33. The van der Waals surface area contributed by atoms with Gasteiger partial charge in [-0.1, -0.05) is 19.1 Å². The molecular weight excluding hydrogens is 318 g/mol. The van der Waals surface area contributed by atoms with Gasteiger partial charge in [-0.25, -0.2) is 0 Å². The zero-order valence-corrected chi connectivity index (χ0v) is 13.5. The van der Waals surface area contributed by atoms with Gasteiger partial charge in [-0.2, -0.15) is 0 Å². The maximum absolute atomic E-state index is 12.4. The number of rotatable bonds is 5. The van der Waals surface area contributed by atoms with Gasteiger partial charge in [-0.3, -0.25) is 24.5 Å². The standard InChI is InChI=1S/C16H17NO7/c1-9(8-10-4-6-11(7-5-10)17(21)22)13(18)12-14(19)23-16(2,3)24-15(12)20/h4-7,9,12H,8H2,1-3H3/t9-/m0/s1. The number of ketones is 1. The predicted octanol–water partition coefficient (Wildman–Crippen LogP) is 1.79. The molecule has 8 nitrogen and oxygen atoms in total. The van der Waals surface area contributed by atoms with Crippen molar-refractivity contribution in [2.75, 3.05) is 0 Å². The van der Waals surface area contributed by atoms with E-state index < -0.39 is 40.3 Å². The van der Waals surface area contributed by atoms with Gasteiger partial charge in [0.15, 0.2) is 5.78 Å². The molecule has 1 aliphatic rings. The smallest absolute Gasteiger partial charge is 0.331 e. The molecule has 1 heterocycles. The summed E-state index contributed by atoms with van der Waals surface area (Å²) in [5, 5.41) is 10.6. The lowest BCUT2D eigenvalue weighted by molar-refractivity contribution is -0.384. The van der Waals surface area contributed by atoms with Gasteiger partial charge in [0.2, 0.25) is 5.92 Å². The number of esters is 2. The minimum absolute atomic E-state index is 0.0561. The zero-order valence-electron chi connectivity index (χ0n) is 13.5. The molecule has 0 bridgehead atoms. The Morgan fingerprint density at radius 2 is 1.71 bits per heavy atom. The Kier molecular flexibility index (Phi) is 4.68. The molecule has 0 aromatic heterocycles. The number of carbonyl (C=O) groups excluding carboxylic acids is 3. The van der Waals surface area contributed by atoms with E-state index in [1.807, 2.05) is 0 Å². The summed E-state index contributed by atoms with van der Waals surface area (Å²) in [5.74, 6) is -6.07. The highest BCUT2D eigenvalue weighted by Crippen LogP contribution is 2.26. The highest BCUT2D eigenvalue weighted by molar-refractivity contribution is 6.16. The van der Waals surface area contributed by atoms with E-state index in [0.717, 1.165) is 0 Å². The van der Waals surface area contributed by atoms with Crippen LogP contribution in [0.15, 0.2) is 24.3 Å². The van der Waals surface area contributed by atoms with E-state index in [2.05, 4.69) is 0 Å². The van der Waals surface area contributed by atoms with Crippen LogP contribution in [0.25, 0.3) is 0 Å². The van der Waals surface area contributed by atoms with E-state index in [0.29, 0.717) is 5.56 Å². The van der Waals surface area contributed by atoms with Crippen molar-refractivity contribution in [3.63, 3.8) is 0 Å². The second-order valence-corrected chi connectivity index (χ2v) is 6.11. The molecular formula is C16H17NO7. The van der Waals surface area contributed by atoms with Gasteiger partial charge in [0, 0.05) is 31.9 Å². The molecule has 1 aromatic carbocycles. The number of ether oxygens (including phenoxy) is 2. The van der Waals surface area contributed by atoms with Gasteiger partial charge >= 0.3 is 11.9 Å². The number of nitrogens with zero attached hydrogens (tertiary/aromatic N) is 1. The third-order valence-corrected chi connectivity index (χ3v) is 3.62. The average Bonchev–Trinajstić information content (AvgIpc) is 2.45. The van der Waals surface area contributed by atoms with Crippen LogP contribution in [0.1, 0.15) is 26.3 Å². The van der Waals surface area contributed by atoms with E-state index in [9.17, 15) is 24.5 Å². The minimum Gasteiger partial charge on any atom is -0.422 e. The maximum atomic E-state index is 12.4. The van der Waals surface area contributed by atoms with E-state index in [1.165, 1.54) is 38.1 Å². The molecule has 0 aliphatic carbocycles. The fourth-order valence-electron chi connectivity index (χ4n) is 2.44. The summed E-state index contributed by atoms with van der Waals surface area (Å²) >= 11 is 0. The van der Waals surface area contributed by atoms with Gasteiger partial charge < -0.3 is 9.47 Å². The number of nitro groups is 1. The lowest BCUT2D eigenvalue weighted by Crippen LogP contribution is -2.50. The van der Waals surface area contributed by atoms with E-state index in [1.54, 1.807) is 6.92 Å². The van der Waals surface area contributed by atoms with Crippen molar-refractivity contribution in [2.24, 2.45) is 11.8 Å². The first-order chi connectivity index (χ1) is 11.1. The summed E-state index contributed by atoms with van der Waals surface area (Å²) in [4.78, 5) is 46.3. The third kappa shape index (κ3) is 3.76. The summed E-state index contributed by atoms with van der Waals surface area (Å²) in [6.45, 7) is 4.39. The topological polar surface area (TPSA) is 113 Å². The number of Topliss-reactive ketones (excluding diaryl/α,β-unsaturated/α-hetero) is 1. The fourth-order valence-corrected chi connectivity index (χ4v) is 2.44. The molecule has 1 saturated heterocycles. The van der Waals surface area contributed by atoms with Crippen molar-refractivity contribution >= 4 is 23.4 Å². The van der Waals surface area contributed by atoms with Gasteiger partial charge in [-0.05, 0) is 12.0 Å². The maximum Gasteiger partial charge on any atom is 0.331 e. The number of non-ortho nitro benzene ring substituents is 1. The monoisotopic (exact) mass is 335 g/mol. The van der Waals surface area contributed by atoms with Crippen LogP contribution >= 0.6 is 0 Å². The first-order valence-electron chi connectivity index (χ1n) is 7.33. The Labute approximate surface area is 137 Å². The van der Waals surface area contributed by atoms with Crippen LogP contribution in [0.2, 0.25) is 0 Å². The largest absolute Gasteiger partial charge is 0.422 e. The van der Waals surface area contributed by atoms with Crippen molar-refractivity contribution < 1.29 is 28.8 Å². The van der Waals surface area contributed by atoms with Crippen LogP contribution < -0.4 is 0 Å². The normalized spacial score (nSPS) is 18.5. The number of benzene rings is 1. The van der Waals surface area contributed by atoms with Crippen LogP contribution in [0.3, 0.4) is 0 Å². The second kappa shape index (κ2) is 6.38. The van der Waals surface area contributed by atoms with E-state index >= 15 is 0 Å². The summed E-state index contributed by atoms with van der Waals surface area (Å²) in [6, 6.07) is 5.72. The zero-order chi connectivity index (χ0) is 18.1. The van der Waals surface area contributed by atoms with E-state index in [4.69, 9.17) is 9.47 Å². The third-order valence-electron chi connectivity index (χ3n) is 3.62. The molecule has 0 saturated carbocycles. The summed E-state index contributed by atoms with van der Waals surface area (Å²) < 4.78 is 9.89. The number of hydrogen-bond acceptors (Lipinski definition) is 7. The van der Waals surface area contributed by atoms with Crippen molar-refractivity contribution in [3.05, 3.63) is 39.9 Å². The molecule has 0 amide bonds. The molecule has 0 unspecified atom stereocenters. The highest BCUT2D eigenvalue weighted by atomic mass is 16.7. The Morgan fingerprint density at radius 1 is 1.21 bits per heavy atom. The van der Waals surface area contributed by atoms with Crippen molar-refractivity contribution in [3.8, 4) is 0 Å². The lowest BCUT2D eigenvalue weighted by atomic mass is 9.88. The molecule has 0 radical (unpaired) electrons. The first-order valence-corrected chi connectivity index (χ1v) is 7.33. The van der Waals surface area contributed by atoms with Crippen LogP contribution in [-0.2, 0) is 30.3 Å². The van der Waals surface area contributed by atoms with Crippen LogP contribution in [0, 0.1) is 22.0 Å². The van der Waals surface area contributed by atoms with Gasteiger partial charge in [0.1, 0.15) is 0 Å². The van der Waals surface area contributed by atoms with Crippen molar-refractivity contribution in [2.45, 2.75) is 33.0 Å². The molecule has 24 heavy (non-hydrogen) atoms. The van der Waals surface area contributed by atoms with E-state index in [-0.39, 0.29) is 12.1 Å². The van der Waals surface area contributed by atoms with Crippen LogP contribution in [0.4, 0.5) is 5.69 Å². The van der Waals surface area contributed by atoms with Crippen LogP contribution in [-0.4, -0.2) is 28.4 Å². The summed E-state index contributed by atoms with van der Waals surface area (Å²) in [6.07, 6.45) is 0.233. The Balaban J connectivity index is 2.08. The molecule has 8 heteroatoms. The quantitative estimate of drug-likeness (QED) is 0.349. The predicted molar refractivity (Wildman–Crippen MR) is 80.7 cm³/mol. The second-order valence-electron chi connectivity index (χ2n) is 6.11. The molecule has 1 fully saturated rings. The highest BCUT2D eigenvalue weighted by Gasteiger charge is 2.48. The minimum atomic E-state index is -1.59. The Bertz CT molecular complexity index is 673. The van der Waals surface area contributed by atoms with Gasteiger partial charge in [0.05, 0.1) is 4.92 Å². The molecule has 1 atom stereocenters. The average molecular weight is 335 g/mol. The molecule has 1 aliphatic heterocycles. The summed E-state index contributed by atoms with van der Waals surface area (Å²) in [7, 11) is 0. The fraction of sp³-hybridized carbons (Fsp3) is 0.438. The Hall–Kier alpha value is -2.77. The van der Waals surface area contributed by atoms with Crippen molar-refractivity contribution in [1.29, 1.82) is 0 Å². The first kappa shape index (κ1) is 17.6. The molecule has 128 valence electrons. The summed E-state index contributed by atoms with van der Waals surface area (Å²) in [5.41, 5.74) is 0.624. The van der Waals surface area contributed by atoms with Gasteiger partial charge in [0.25, 0.3) is 11.5 Å². The van der Waals surface area contributed by atoms with Crippen LogP contribution in [0.5, 0.6) is 0 Å². The van der Waals surface area contributed by atoms with Crippen molar-refractivity contribution in [1.82, 2.24) is 0 Å². The SMILES string of the molecule is C[C@@H](Cc1ccc([N+](=O)[O-])cc1)C(=O)C1C(=O)OC(C)(C)OC1=O. The molecule has 0 spiro atoms. The Morgan fingerprint density at radius 3 is 2.17 bits per heavy atom. The van der Waals surface area contributed by atoms with Gasteiger partial charge in [-0.15, -0.1) is 0 Å². The number of carbonyl (C=O) groups is 3. The number of hydrogen-bond donors (Lipinski definition) is 0. The number of nitro benzene ring substituents is 1. The molecule has 1 aromatic rings. The molecule has 2 rings (SSSR count). The molecule has 0 N–H and O–H groups in total. The number of cyclic esters (lactones) is 2.